The van der Waals surface area contributed by atoms with Gasteiger partial charge in [0.1, 0.15) is 5.75 Å². The van der Waals surface area contributed by atoms with Gasteiger partial charge in [0.25, 0.3) is 5.91 Å². The van der Waals surface area contributed by atoms with Gasteiger partial charge in [0, 0.05) is 11.8 Å². The van der Waals surface area contributed by atoms with E-state index in [4.69, 9.17) is 4.74 Å². The first-order chi connectivity index (χ1) is 13.3. The first kappa shape index (κ1) is 19.8. The normalized spacial score (nSPS) is 11.2. The number of rotatable bonds is 6. The number of sulfone groups is 1. The van der Waals surface area contributed by atoms with E-state index in [0.717, 1.165) is 6.26 Å². The summed E-state index contributed by atoms with van der Waals surface area (Å²) >= 11 is 1.17. The Kier molecular flexibility index (Phi) is 5.61. The lowest BCUT2D eigenvalue weighted by Gasteiger charge is -2.06. The van der Waals surface area contributed by atoms with Crippen LogP contribution in [0.3, 0.4) is 0 Å². The van der Waals surface area contributed by atoms with Gasteiger partial charge in [-0.15, -0.1) is 0 Å². The van der Waals surface area contributed by atoms with E-state index in [1.165, 1.54) is 36.6 Å². The monoisotopic (exact) mass is 420 g/mol. The van der Waals surface area contributed by atoms with Crippen LogP contribution in [0.4, 0.5) is 5.13 Å². The average molecular weight is 420 g/mol. The van der Waals surface area contributed by atoms with E-state index in [1.54, 1.807) is 24.3 Å². The molecule has 0 aliphatic heterocycles. The fraction of sp³-hybridized carbons (Fsp3) is 0.167. The molecule has 0 saturated carbocycles. The molecule has 1 heterocycles. The average Bonchev–Trinajstić information content (AvgIpc) is 3.07. The van der Waals surface area contributed by atoms with Crippen LogP contribution < -0.4 is 10.1 Å². The summed E-state index contributed by atoms with van der Waals surface area (Å²) in [5.41, 5.74) is 0.904. The molecule has 0 aliphatic rings. The number of esters is 1. The molecule has 0 aliphatic carbocycles. The molecule has 1 N–H and O–H groups in total. The number of carbonyl (C=O) groups excluding carboxylic acids is 2. The molecule has 146 valence electrons. The molecule has 0 atom stereocenters. The number of thiazole rings is 1. The lowest BCUT2D eigenvalue weighted by atomic mass is 10.2. The van der Waals surface area contributed by atoms with Crippen LogP contribution in [0.15, 0.2) is 47.4 Å². The quantitative estimate of drug-likeness (QED) is 0.610. The van der Waals surface area contributed by atoms with Gasteiger partial charge in [-0.05, 0) is 36.4 Å². The van der Waals surface area contributed by atoms with Gasteiger partial charge < -0.3 is 9.47 Å². The van der Waals surface area contributed by atoms with Crippen molar-refractivity contribution in [2.75, 3.05) is 25.3 Å². The van der Waals surface area contributed by atoms with Crippen molar-refractivity contribution in [3.05, 3.63) is 48.0 Å². The predicted molar refractivity (Wildman–Crippen MR) is 105 cm³/mol. The molecule has 2 aromatic carbocycles. The van der Waals surface area contributed by atoms with Gasteiger partial charge in [0.05, 0.1) is 22.2 Å². The van der Waals surface area contributed by atoms with Crippen LogP contribution in [0.5, 0.6) is 5.75 Å². The second-order valence-corrected chi connectivity index (χ2v) is 8.81. The highest BCUT2D eigenvalue weighted by Crippen LogP contribution is 2.28. The first-order valence-electron chi connectivity index (χ1n) is 7.98. The number of aromatic nitrogens is 1. The van der Waals surface area contributed by atoms with Crippen molar-refractivity contribution in [3.8, 4) is 5.75 Å². The number of carbonyl (C=O) groups is 2. The van der Waals surface area contributed by atoms with Crippen molar-refractivity contribution in [2.45, 2.75) is 4.90 Å². The minimum atomic E-state index is -3.32. The third kappa shape index (κ3) is 4.65. The van der Waals surface area contributed by atoms with Crippen molar-refractivity contribution in [1.29, 1.82) is 0 Å². The lowest BCUT2D eigenvalue weighted by molar-refractivity contribution is -0.142. The number of amides is 1. The van der Waals surface area contributed by atoms with Gasteiger partial charge in [-0.25, -0.2) is 18.2 Å². The number of hydrogen-bond donors (Lipinski definition) is 1. The van der Waals surface area contributed by atoms with Gasteiger partial charge in [0.2, 0.25) is 0 Å². The van der Waals surface area contributed by atoms with Crippen LogP contribution in [-0.4, -0.2) is 45.3 Å². The highest BCUT2D eigenvalue weighted by Gasteiger charge is 2.14. The summed E-state index contributed by atoms with van der Waals surface area (Å²) in [6.45, 7) is -0.262. The second-order valence-electron chi connectivity index (χ2n) is 5.77. The van der Waals surface area contributed by atoms with E-state index in [9.17, 15) is 18.0 Å². The molecule has 8 nitrogen and oxygen atoms in total. The third-order valence-corrected chi connectivity index (χ3v) is 5.73. The Hall–Kier alpha value is -2.98. The number of methoxy groups -OCH3 is 1. The maximum atomic E-state index is 12.5. The van der Waals surface area contributed by atoms with Crippen LogP contribution >= 0.6 is 11.3 Å². The number of nitrogens with zero attached hydrogens (tertiary/aromatic N) is 1. The number of anilines is 1. The summed E-state index contributed by atoms with van der Waals surface area (Å²) in [6, 6.07) is 10.9. The van der Waals surface area contributed by atoms with Crippen molar-refractivity contribution in [3.63, 3.8) is 0 Å². The summed E-state index contributed by atoms with van der Waals surface area (Å²) in [6.07, 6.45) is 1.13. The second kappa shape index (κ2) is 7.95. The standard InChI is InChI=1S/C18H16N2O6S2/c1-25-16(21)10-26-12-5-3-4-11(8-12)17(22)20-18-19-14-7-6-13(28(2,23)24)9-15(14)27-18/h3-9H,10H2,1-2H3,(H,19,20,22). The van der Waals surface area contributed by atoms with Crippen LogP contribution in [-0.2, 0) is 19.4 Å². The van der Waals surface area contributed by atoms with Crippen LogP contribution in [0.1, 0.15) is 10.4 Å². The summed E-state index contributed by atoms with van der Waals surface area (Å²) in [5.74, 6) is -0.594. The summed E-state index contributed by atoms with van der Waals surface area (Å²) < 4.78 is 33.7. The van der Waals surface area contributed by atoms with Gasteiger partial charge in [-0.2, -0.15) is 0 Å². The largest absolute Gasteiger partial charge is 0.482 e. The van der Waals surface area contributed by atoms with E-state index in [-0.39, 0.29) is 11.5 Å². The zero-order valence-corrected chi connectivity index (χ0v) is 16.6. The molecule has 28 heavy (non-hydrogen) atoms. The number of hydrogen-bond acceptors (Lipinski definition) is 8. The highest BCUT2D eigenvalue weighted by molar-refractivity contribution is 7.90. The molecule has 0 spiro atoms. The van der Waals surface area contributed by atoms with Gasteiger partial charge >= 0.3 is 5.97 Å². The maximum absolute atomic E-state index is 12.5. The Bertz CT molecular complexity index is 1150. The Balaban J connectivity index is 1.76. The smallest absolute Gasteiger partial charge is 0.343 e. The van der Waals surface area contributed by atoms with E-state index in [2.05, 4.69) is 15.0 Å². The molecule has 0 fully saturated rings. The molecule has 3 aromatic rings. The molecule has 1 amide bonds. The first-order valence-corrected chi connectivity index (χ1v) is 10.7. The van der Waals surface area contributed by atoms with Crippen molar-refractivity contribution < 1.29 is 27.5 Å². The van der Waals surface area contributed by atoms with E-state index in [0.29, 0.717) is 26.7 Å². The Labute approximate surface area is 165 Å². The molecule has 0 saturated heterocycles. The molecule has 3 rings (SSSR count). The van der Waals surface area contributed by atoms with E-state index >= 15 is 0 Å². The van der Waals surface area contributed by atoms with Gasteiger partial charge in [-0.3, -0.25) is 10.1 Å². The fourth-order valence-corrected chi connectivity index (χ4v) is 3.91. The minimum Gasteiger partial charge on any atom is -0.482 e. The molecule has 0 unspecified atom stereocenters. The lowest BCUT2D eigenvalue weighted by Crippen LogP contribution is -2.14. The minimum absolute atomic E-state index is 0.192. The van der Waals surface area contributed by atoms with Gasteiger partial charge in [-0.1, -0.05) is 17.4 Å². The van der Waals surface area contributed by atoms with E-state index < -0.39 is 21.7 Å². The topological polar surface area (TPSA) is 112 Å². The van der Waals surface area contributed by atoms with Crippen LogP contribution in [0, 0.1) is 0 Å². The fourth-order valence-electron chi connectivity index (χ4n) is 2.29. The predicted octanol–water partition coefficient (Wildman–Crippen LogP) is 2.50. The number of fused-ring (bicyclic) bond motifs is 1. The van der Waals surface area contributed by atoms with Crippen molar-refractivity contribution in [1.82, 2.24) is 4.98 Å². The van der Waals surface area contributed by atoms with Crippen molar-refractivity contribution >= 4 is 48.4 Å². The Morgan fingerprint density at radius 2 is 1.96 bits per heavy atom. The SMILES string of the molecule is COC(=O)COc1cccc(C(=O)Nc2nc3ccc(S(C)(=O)=O)cc3s2)c1. The number of benzene rings is 2. The maximum Gasteiger partial charge on any atom is 0.343 e. The zero-order valence-electron chi connectivity index (χ0n) is 15.0. The van der Waals surface area contributed by atoms with Gasteiger partial charge in [0.15, 0.2) is 21.6 Å². The number of nitrogens with one attached hydrogen (secondary N) is 1. The molecule has 0 radical (unpaired) electrons. The zero-order chi connectivity index (χ0) is 20.3. The third-order valence-electron chi connectivity index (χ3n) is 3.69. The number of ether oxygens (including phenoxy) is 2. The Morgan fingerprint density at radius 1 is 1.18 bits per heavy atom. The molecular weight excluding hydrogens is 404 g/mol. The van der Waals surface area contributed by atoms with Crippen molar-refractivity contribution in [2.24, 2.45) is 0 Å². The summed E-state index contributed by atoms with van der Waals surface area (Å²) in [7, 11) is -2.07. The molecular formula is C18H16N2O6S2. The van der Waals surface area contributed by atoms with Crippen LogP contribution in [0.2, 0.25) is 0 Å². The Morgan fingerprint density at radius 3 is 2.68 bits per heavy atom. The van der Waals surface area contributed by atoms with Crippen LogP contribution in [0.25, 0.3) is 10.2 Å². The summed E-state index contributed by atoms with van der Waals surface area (Å²) in [5, 5.41) is 3.02. The molecule has 10 heteroatoms. The molecule has 1 aromatic heterocycles. The highest BCUT2D eigenvalue weighted by atomic mass is 32.2. The summed E-state index contributed by atoms with van der Waals surface area (Å²) in [4.78, 5) is 28.1. The van der Waals surface area contributed by atoms with E-state index in [1.807, 2.05) is 0 Å². The molecule has 0 bridgehead atoms.